The standard InChI is InChI=1S/C15H16N2O3/c1-11-14(15(18)20-16-11)10-12-2-4-13(5-3-12)17-6-8-19-9-7-17/h2-5,10H,6-9H2,1H3/b14-10-. The molecular formula is C15H16N2O3. The van der Waals surface area contributed by atoms with Crippen LogP contribution in [0, 0.1) is 0 Å². The highest BCUT2D eigenvalue weighted by Gasteiger charge is 2.21. The van der Waals surface area contributed by atoms with E-state index in [1.165, 1.54) is 5.69 Å². The average Bonchev–Trinajstić information content (AvgIpc) is 2.81. The quantitative estimate of drug-likeness (QED) is 0.609. The number of hydrogen-bond acceptors (Lipinski definition) is 5. The summed E-state index contributed by atoms with van der Waals surface area (Å²) in [5.41, 5.74) is 3.27. The van der Waals surface area contributed by atoms with Crippen molar-refractivity contribution in [2.75, 3.05) is 31.2 Å². The van der Waals surface area contributed by atoms with Crippen molar-refractivity contribution in [3.8, 4) is 0 Å². The summed E-state index contributed by atoms with van der Waals surface area (Å²) in [4.78, 5) is 18.4. The Kier molecular flexibility index (Phi) is 3.52. The largest absolute Gasteiger partial charge is 0.378 e. The van der Waals surface area contributed by atoms with Crippen molar-refractivity contribution in [2.45, 2.75) is 6.92 Å². The van der Waals surface area contributed by atoms with Gasteiger partial charge in [0.1, 0.15) is 0 Å². The highest BCUT2D eigenvalue weighted by molar-refractivity contribution is 6.24. The van der Waals surface area contributed by atoms with Crippen LogP contribution in [0.3, 0.4) is 0 Å². The smallest absolute Gasteiger partial charge is 0.367 e. The average molecular weight is 272 g/mol. The van der Waals surface area contributed by atoms with Gasteiger partial charge in [-0.15, -0.1) is 0 Å². The number of hydrogen-bond donors (Lipinski definition) is 0. The molecule has 1 aromatic rings. The molecule has 2 heterocycles. The number of ether oxygens (including phenoxy) is 1. The van der Waals surface area contributed by atoms with E-state index in [1.807, 2.05) is 12.1 Å². The Labute approximate surface area is 117 Å². The molecule has 0 atom stereocenters. The number of nitrogens with zero attached hydrogens (tertiary/aromatic N) is 2. The normalized spacial score (nSPS) is 21.1. The Morgan fingerprint density at radius 3 is 2.50 bits per heavy atom. The molecule has 1 aromatic carbocycles. The summed E-state index contributed by atoms with van der Waals surface area (Å²) in [5.74, 6) is -0.389. The minimum Gasteiger partial charge on any atom is -0.378 e. The molecule has 0 aromatic heterocycles. The molecule has 0 bridgehead atoms. The molecule has 0 saturated carbocycles. The van der Waals surface area contributed by atoms with Crippen molar-refractivity contribution in [2.24, 2.45) is 5.16 Å². The topological polar surface area (TPSA) is 51.1 Å². The number of carbonyl (C=O) groups is 1. The van der Waals surface area contributed by atoms with Crippen LogP contribution in [0.1, 0.15) is 12.5 Å². The predicted molar refractivity (Wildman–Crippen MR) is 76.7 cm³/mol. The minimum atomic E-state index is -0.389. The molecule has 0 unspecified atom stereocenters. The van der Waals surface area contributed by atoms with Crippen LogP contribution in [-0.2, 0) is 14.4 Å². The maximum Gasteiger partial charge on any atom is 0.367 e. The Bertz CT molecular complexity index is 569. The summed E-state index contributed by atoms with van der Waals surface area (Å²) in [6.45, 7) is 5.14. The van der Waals surface area contributed by atoms with Gasteiger partial charge >= 0.3 is 5.97 Å². The predicted octanol–water partition coefficient (Wildman–Crippen LogP) is 1.84. The summed E-state index contributed by atoms with van der Waals surface area (Å²) in [6.07, 6.45) is 1.80. The second-order valence-electron chi connectivity index (χ2n) is 4.80. The van der Waals surface area contributed by atoms with E-state index < -0.39 is 0 Å². The van der Waals surface area contributed by atoms with Crippen molar-refractivity contribution in [3.05, 3.63) is 35.4 Å². The van der Waals surface area contributed by atoms with Crippen LogP contribution >= 0.6 is 0 Å². The van der Waals surface area contributed by atoms with Gasteiger partial charge in [-0.3, -0.25) is 0 Å². The first-order valence-corrected chi connectivity index (χ1v) is 6.65. The van der Waals surface area contributed by atoms with Gasteiger partial charge in [0.25, 0.3) is 0 Å². The van der Waals surface area contributed by atoms with Gasteiger partial charge in [0.05, 0.1) is 24.5 Å². The van der Waals surface area contributed by atoms with E-state index in [9.17, 15) is 4.79 Å². The van der Waals surface area contributed by atoms with E-state index in [2.05, 4.69) is 27.0 Å². The molecule has 5 heteroatoms. The van der Waals surface area contributed by atoms with Crippen LogP contribution < -0.4 is 4.90 Å². The van der Waals surface area contributed by atoms with E-state index in [1.54, 1.807) is 13.0 Å². The molecule has 20 heavy (non-hydrogen) atoms. The van der Waals surface area contributed by atoms with Gasteiger partial charge in [-0.2, -0.15) is 0 Å². The lowest BCUT2D eigenvalue weighted by Gasteiger charge is -2.28. The lowest BCUT2D eigenvalue weighted by Crippen LogP contribution is -2.36. The van der Waals surface area contributed by atoms with Gasteiger partial charge < -0.3 is 14.5 Å². The van der Waals surface area contributed by atoms with Crippen LogP contribution in [0.25, 0.3) is 6.08 Å². The zero-order valence-electron chi connectivity index (χ0n) is 11.3. The van der Waals surface area contributed by atoms with Crippen LogP contribution in [-0.4, -0.2) is 38.0 Å². The molecule has 0 radical (unpaired) electrons. The first kappa shape index (κ1) is 12.9. The molecule has 104 valence electrons. The number of morpholine rings is 1. The lowest BCUT2D eigenvalue weighted by atomic mass is 10.1. The Hall–Kier alpha value is -2.14. The van der Waals surface area contributed by atoms with Crippen LogP contribution in [0.2, 0.25) is 0 Å². The lowest BCUT2D eigenvalue weighted by molar-refractivity contribution is -0.136. The molecule has 2 aliphatic heterocycles. The fourth-order valence-corrected chi connectivity index (χ4v) is 2.29. The monoisotopic (exact) mass is 272 g/mol. The molecule has 0 aliphatic carbocycles. The number of rotatable bonds is 2. The first-order valence-electron chi connectivity index (χ1n) is 6.65. The van der Waals surface area contributed by atoms with Crippen LogP contribution in [0.4, 0.5) is 5.69 Å². The number of benzene rings is 1. The van der Waals surface area contributed by atoms with E-state index in [0.717, 1.165) is 31.9 Å². The molecular weight excluding hydrogens is 256 g/mol. The summed E-state index contributed by atoms with van der Waals surface area (Å²) in [6, 6.07) is 8.11. The summed E-state index contributed by atoms with van der Waals surface area (Å²) in [7, 11) is 0. The Balaban J connectivity index is 1.78. The second-order valence-corrected chi connectivity index (χ2v) is 4.80. The summed E-state index contributed by atoms with van der Waals surface area (Å²) < 4.78 is 5.34. The third-order valence-corrected chi connectivity index (χ3v) is 3.46. The Morgan fingerprint density at radius 1 is 1.20 bits per heavy atom. The van der Waals surface area contributed by atoms with Crippen molar-refractivity contribution < 1.29 is 14.4 Å². The molecule has 0 spiro atoms. The van der Waals surface area contributed by atoms with E-state index in [-0.39, 0.29) is 5.97 Å². The highest BCUT2D eigenvalue weighted by Crippen LogP contribution is 2.20. The second kappa shape index (κ2) is 5.46. The molecule has 0 N–H and O–H groups in total. The zero-order valence-corrected chi connectivity index (χ0v) is 11.3. The maximum absolute atomic E-state index is 11.5. The van der Waals surface area contributed by atoms with Crippen molar-refractivity contribution >= 4 is 23.4 Å². The van der Waals surface area contributed by atoms with Gasteiger partial charge in [0, 0.05) is 18.8 Å². The SMILES string of the molecule is CC1=NOC(=O)/C1=C\c1ccc(N2CCOCC2)cc1. The maximum atomic E-state index is 11.5. The third-order valence-electron chi connectivity index (χ3n) is 3.46. The van der Waals surface area contributed by atoms with Crippen molar-refractivity contribution in [3.63, 3.8) is 0 Å². The molecule has 1 saturated heterocycles. The van der Waals surface area contributed by atoms with Crippen molar-refractivity contribution in [1.29, 1.82) is 0 Å². The van der Waals surface area contributed by atoms with Gasteiger partial charge in [-0.25, -0.2) is 4.79 Å². The van der Waals surface area contributed by atoms with E-state index >= 15 is 0 Å². The molecule has 3 rings (SSSR count). The fraction of sp³-hybridized carbons (Fsp3) is 0.333. The molecule has 0 amide bonds. The molecule has 2 aliphatic rings. The summed E-state index contributed by atoms with van der Waals surface area (Å²) in [5, 5.41) is 3.66. The van der Waals surface area contributed by atoms with E-state index in [4.69, 9.17) is 4.74 Å². The number of oxime groups is 1. The van der Waals surface area contributed by atoms with E-state index in [0.29, 0.717) is 11.3 Å². The van der Waals surface area contributed by atoms with Gasteiger partial charge in [-0.05, 0) is 30.7 Å². The molecule has 5 nitrogen and oxygen atoms in total. The Morgan fingerprint density at radius 2 is 1.90 bits per heavy atom. The van der Waals surface area contributed by atoms with Crippen molar-refractivity contribution in [1.82, 2.24) is 0 Å². The number of anilines is 1. The zero-order chi connectivity index (χ0) is 13.9. The third kappa shape index (κ3) is 2.58. The van der Waals surface area contributed by atoms with Crippen LogP contribution in [0.5, 0.6) is 0 Å². The minimum absolute atomic E-state index is 0.389. The van der Waals surface area contributed by atoms with Gasteiger partial charge in [0.15, 0.2) is 0 Å². The van der Waals surface area contributed by atoms with Gasteiger partial charge in [-0.1, -0.05) is 17.3 Å². The fourth-order valence-electron chi connectivity index (χ4n) is 2.29. The van der Waals surface area contributed by atoms with Crippen LogP contribution in [0.15, 0.2) is 35.0 Å². The summed E-state index contributed by atoms with van der Waals surface area (Å²) >= 11 is 0. The molecule has 1 fully saturated rings. The number of carbonyl (C=O) groups excluding carboxylic acids is 1. The van der Waals surface area contributed by atoms with Gasteiger partial charge in [0.2, 0.25) is 0 Å². The first-order chi connectivity index (χ1) is 9.74. The highest BCUT2D eigenvalue weighted by atomic mass is 16.7.